The first-order valence-corrected chi connectivity index (χ1v) is 11.6. The zero-order valence-electron chi connectivity index (χ0n) is 19.2. The van der Waals surface area contributed by atoms with Crippen molar-refractivity contribution in [3.05, 3.63) is 23.8 Å². The summed E-state index contributed by atoms with van der Waals surface area (Å²) in [5.74, 6) is -1.79. The zero-order valence-corrected chi connectivity index (χ0v) is 19.2. The van der Waals surface area contributed by atoms with Crippen LogP contribution in [0.3, 0.4) is 0 Å². The molecule has 2 N–H and O–H groups in total. The molecule has 1 heterocycles. The van der Waals surface area contributed by atoms with Gasteiger partial charge in [-0.3, -0.25) is 14.4 Å². The van der Waals surface area contributed by atoms with E-state index >= 15 is 0 Å². The van der Waals surface area contributed by atoms with Crippen LogP contribution in [0.25, 0.3) is 0 Å². The maximum Gasteiger partial charge on any atom is 0.317 e. The van der Waals surface area contributed by atoms with Gasteiger partial charge in [0, 0.05) is 5.57 Å². The molecule has 0 bridgehead atoms. The minimum Gasteiger partial charge on any atom is -0.481 e. The fourth-order valence-electron chi connectivity index (χ4n) is 7.06. The molecule has 3 fully saturated rings. The number of carbonyl (C=O) groups excluding carboxylic acids is 2. The number of carboxylic acid groups (broad SMARTS) is 1. The van der Waals surface area contributed by atoms with Gasteiger partial charge in [-0.15, -0.1) is 0 Å². The van der Waals surface area contributed by atoms with Crippen molar-refractivity contribution in [1.82, 2.24) is 0 Å². The average molecular weight is 447 g/mol. The Morgan fingerprint density at radius 2 is 2.00 bits per heavy atom. The molecular formula is C25H34O7. The van der Waals surface area contributed by atoms with Gasteiger partial charge in [0.2, 0.25) is 0 Å². The van der Waals surface area contributed by atoms with E-state index in [9.17, 15) is 19.5 Å². The van der Waals surface area contributed by atoms with Gasteiger partial charge in [0.15, 0.2) is 17.5 Å². The van der Waals surface area contributed by atoms with Gasteiger partial charge in [0.1, 0.15) is 12.5 Å². The number of aliphatic carboxylic acids is 1. The van der Waals surface area contributed by atoms with Gasteiger partial charge in [0.05, 0.1) is 6.61 Å². The van der Waals surface area contributed by atoms with E-state index in [0.717, 1.165) is 31.3 Å². The number of carbonyl (C=O) groups is 3. The molecule has 6 unspecified atom stereocenters. The Hall–Kier alpha value is -1.99. The number of hydrogen-bond acceptors (Lipinski definition) is 6. The first kappa shape index (κ1) is 23.2. The van der Waals surface area contributed by atoms with Crippen LogP contribution in [0, 0.1) is 22.7 Å². The number of allylic oxidation sites excluding steroid dienone is 1. The molecule has 0 aromatic heterocycles. The predicted molar refractivity (Wildman–Crippen MR) is 116 cm³/mol. The van der Waals surface area contributed by atoms with E-state index in [1.807, 2.05) is 0 Å². The van der Waals surface area contributed by atoms with Gasteiger partial charge >= 0.3 is 11.9 Å². The third-order valence-electron chi connectivity index (χ3n) is 8.68. The number of epoxide rings is 1. The normalized spacial score (nSPS) is 40.1. The quantitative estimate of drug-likeness (QED) is 0.279. The molecular weight excluding hydrogens is 412 g/mol. The summed E-state index contributed by atoms with van der Waals surface area (Å²) in [5, 5.41) is 18.6. The summed E-state index contributed by atoms with van der Waals surface area (Å²) in [5.41, 5.74) is 0.529. The lowest BCUT2D eigenvalue weighted by molar-refractivity contribution is -0.155. The first-order chi connectivity index (χ1) is 14.9. The number of fused-ring (bicyclic) bond motifs is 2. The molecule has 4 rings (SSSR count). The van der Waals surface area contributed by atoms with Crippen molar-refractivity contribution in [1.29, 1.82) is 0 Å². The SMILES string of the molecule is C=C1CCC2C(C)(C)CCCC2(C)C1CC12OC1C(OC(=O)CC(=O)O)C(CO)=CC2=O. The Kier molecular flexibility index (Phi) is 5.65. The van der Waals surface area contributed by atoms with E-state index in [0.29, 0.717) is 12.3 Å². The molecule has 7 nitrogen and oxygen atoms in total. The number of aliphatic hydroxyl groups excluding tert-OH is 1. The molecule has 4 aliphatic rings. The minimum atomic E-state index is -1.29. The number of rotatable bonds is 6. The van der Waals surface area contributed by atoms with Gasteiger partial charge < -0.3 is 19.7 Å². The number of hydrogen-bond donors (Lipinski definition) is 2. The van der Waals surface area contributed by atoms with Crippen LogP contribution in [0.1, 0.15) is 65.7 Å². The Balaban J connectivity index is 1.60. The van der Waals surface area contributed by atoms with Crippen molar-refractivity contribution in [2.24, 2.45) is 22.7 Å². The van der Waals surface area contributed by atoms with Crippen molar-refractivity contribution < 1.29 is 34.1 Å². The highest BCUT2D eigenvalue weighted by Crippen LogP contribution is 2.64. The Morgan fingerprint density at radius 1 is 1.28 bits per heavy atom. The van der Waals surface area contributed by atoms with E-state index in [1.54, 1.807) is 0 Å². The van der Waals surface area contributed by atoms with Crippen LogP contribution in [0.2, 0.25) is 0 Å². The molecule has 176 valence electrons. The number of esters is 1. The molecule has 1 aliphatic heterocycles. The molecule has 3 aliphatic carbocycles. The van der Waals surface area contributed by atoms with Crippen molar-refractivity contribution in [3.63, 3.8) is 0 Å². The minimum absolute atomic E-state index is 0.0130. The summed E-state index contributed by atoms with van der Waals surface area (Å²) < 4.78 is 11.3. The van der Waals surface area contributed by atoms with Crippen LogP contribution in [0.15, 0.2) is 23.8 Å². The molecule has 32 heavy (non-hydrogen) atoms. The van der Waals surface area contributed by atoms with Gasteiger partial charge in [-0.2, -0.15) is 0 Å². The molecule has 0 aromatic carbocycles. The predicted octanol–water partition coefficient (Wildman–Crippen LogP) is 3.20. The molecule has 6 atom stereocenters. The molecule has 2 saturated carbocycles. The molecule has 0 amide bonds. The highest BCUT2D eigenvalue weighted by molar-refractivity contribution is 6.02. The van der Waals surface area contributed by atoms with E-state index < -0.39 is 42.8 Å². The second-order valence-corrected chi connectivity index (χ2v) is 11.0. The van der Waals surface area contributed by atoms with Gasteiger partial charge in [-0.05, 0) is 60.8 Å². The molecule has 0 spiro atoms. The Bertz CT molecular complexity index is 887. The fraction of sp³-hybridized carbons (Fsp3) is 0.720. The highest BCUT2D eigenvalue weighted by Gasteiger charge is 2.70. The summed E-state index contributed by atoms with van der Waals surface area (Å²) in [6, 6.07) is 0. The molecule has 0 radical (unpaired) electrons. The smallest absolute Gasteiger partial charge is 0.317 e. The van der Waals surface area contributed by atoms with Crippen molar-refractivity contribution in [2.75, 3.05) is 6.61 Å². The lowest BCUT2D eigenvalue weighted by atomic mass is 9.46. The number of ether oxygens (including phenoxy) is 2. The average Bonchev–Trinajstić information content (AvgIpc) is 3.42. The Morgan fingerprint density at radius 3 is 2.66 bits per heavy atom. The zero-order chi connectivity index (χ0) is 23.5. The maximum absolute atomic E-state index is 13.1. The van der Waals surface area contributed by atoms with Crippen LogP contribution in [0.5, 0.6) is 0 Å². The first-order valence-electron chi connectivity index (χ1n) is 11.6. The van der Waals surface area contributed by atoms with E-state index in [4.69, 9.17) is 14.6 Å². The maximum atomic E-state index is 13.1. The van der Waals surface area contributed by atoms with Crippen molar-refractivity contribution >= 4 is 17.7 Å². The number of carboxylic acids is 1. The van der Waals surface area contributed by atoms with Crippen molar-refractivity contribution in [3.8, 4) is 0 Å². The van der Waals surface area contributed by atoms with Crippen LogP contribution in [-0.2, 0) is 23.9 Å². The third kappa shape index (κ3) is 3.63. The number of ketones is 1. The third-order valence-corrected chi connectivity index (χ3v) is 8.68. The molecule has 7 heteroatoms. The lowest BCUT2D eigenvalue weighted by Gasteiger charge is -2.58. The summed E-state index contributed by atoms with van der Waals surface area (Å²) in [6.45, 7) is 10.9. The molecule has 1 saturated heterocycles. The van der Waals surface area contributed by atoms with E-state index in [2.05, 4.69) is 27.4 Å². The van der Waals surface area contributed by atoms with Gasteiger partial charge in [0.25, 0.3) is 0 Å². The fourth-order valence-corrected chi connectivity index (χ4v) is 7.06. The Labute approximate surface area is 188 Å². The second kappa shape index (κ2) is 7.80. The summed E-state index contributed by atoms with van der Waals surface area (Å²) in [7, 11) is 0. The topological polar surface area (TPSA) is 113 Å². The van der Waals surface area contributed by atoms with Gasteiger partial charge in [-0.1, -0.05) is 39.3 Å². The van der Waals surface area contributed by atoms with E-state index in [1.165, 1.54) is 12.5 Å². The largest absolute Gasteiger partial charge is 0.481 e. The highest BCUT2D eigenvalue weighted by atomic mass is 16.7. The molecule has 0 aromatic rings. The lowest BCUT2D eigenvalue weighted by Crippen LogP contribution is -2.51. The number of aliphatic hydroxyl groups is 1. The summed E-state index contributed by atoms with van der Waals surface area (Å²) >= 11 is 0. The van der Waals surface area contributed by atoms with Crippen molar-refractivity contribution in [2.45, 2.75) is 83.5 Å². The van der Waals surface area contributed by atoms with Crippen LogP contribution in [-0.4, -0.2) is 52.4 Å². The van der Waals surface area contributed by atoms with Crippen LogP contribution in [0.4, 0.5) is 0 Å². The van der Waals surface area contributed by atoms with Crippen LogP contribution < -0.4 is 0 Å². The van der Waals surface area contributed by atoms with E-state index in [-0.39, 0.29) is 28.1 Å². The summed E-state index contributed by atoms with van der Waals surface area (Å²) in [6.07, 6.45) is 4.80. The summed E-state index contributed by atoms with van der Waals surface area (Å²) in [4.78, 5) is 36.0. The van der Waals surface area contributed by atoms with Crippen LogP contribution >= 0.6 is 0 Å². The second-order valence-electron chi connectivity index (χ2n) is 11.0. The monoisotopic (exact) mass is 446 g/mol. The standard InChI is InChI=1S/C25H34O7/c1-14-6-7-17-23(2,3)8-5-9-24(17,4)16(14)12-25-18(27)10-15(13-26)21(22(25)32-25)31-20(30)11-19(28)29/h10,16-17,21-22,26H,1,5-9,11-13H2,2-4H3,(H,28,29). The van der Waals surface area contributed by atoms with Gasteiger partial charge in [-0.25, -0.2) is 0 Å².